The van der Waals surface area contributed by atoms with Crippen LogP contribution in [0.1, 0.15) is 31.4 Å². The maximum atomic E-state index is 12.5. The summed E-state index contributed by atoms with van der Waals surface area (Å²) in [6.45, 7) is 5.40. The van der Waals surface area contributed by atoms with Crippen molar-refractivity contribution in [3.05, 3.63) is 35.4 Å². The van der Waals surface area contributed by atoms with Crippen molar-refractivity contribution in [1.29, 1.82) is 0 Å². The van der Waals surface area contributed by atoms with E-state index in [0.717, 1.165) is 18.4 Å². The number of nitrogens with one attached hydrogen (secondary N) is 1. The number of nitrogens with zero attached hydrogens (tertiary/aromatic N) is 1. The fourth-order valence-electron chi connectivity index (χ4n) is 2.72. The van der Waals surface area contributed by atoms with Gasteiger partial charge in [0.05, 0.1) is 0 Å². The highest BCUT2D eigenvalue weighted by Crippen LogP contribution is 2.20. The molecule has 0 spiro atoms. The fourth-order valence-corrected chi connectivity index (χ4v) is 4.13. The summed E-state index contributed by atoms with van der Waals surface area (Å²) in [7, 11) is -3.48. The third-order valence-electron chi connectivity index (χ3n) is 3.79. The summed E-state index contributed by atoms with van der Waals surface area (Å²) < 4.78 is 29.3. The van der Waals surface area contributed by atoms with E-state index in [9.17, 15) is 8.42 Å². The second-order valence-electron chi connectivity index (χ2n) is 6.04. The Morgan fingerprint density at radius 3 is 2.57 bits per heavy atom. The number of rotatable bonds is 6. The summed E-state index contributed by atoms with van der Waals surface area (Å²) >= 11 is 0. The SMILES string of the molecule is CC(C)CC(CN)NS(=O)(=O)N1CCc2ccccc2C1. The van der Waals surface area contributed by atoms with Gasteiger partial charge < -0.3 is 5.73 Å². The zero-order valence-electron chi connectivity index (χ0n) is 12.7. The van der Waals surface area contributed by atoms with E-state index in [1.807, 2.05) is 18.2 Å². The Labute approximate surface area is 127 Å². The predicted molar refractivity (Wildman–Crippen MR) is 84.9 cm³/mol. The zero-order valence-corrected chi connectivity index (χ0v) is 13.6. The van der Waals surface area contributed by atoms with Gasteiger partial charge in [-0.25, -0.2) is 0 Å². The number of hydrogen-bond donors (Lipinski definition) is 2. The van der Waals surface area contributed by atoms with Crippen molar-refractivity contribution >= 4 is 10.2 Å². The van der Waals surface area contributed by atoms with Crippen molar-refractivity contribution in [2.75, 3.05) is 13.1 Å². The quantitative estimate of drug-likeness (QED) is 0.830. The minimum atomic E-state index is -3.48. The smallest absolute Gasteiger partial charge is 0.280 e. The molecule has 0 radical (unpaired) electrons. The Kier molecular flexibility index (Phi) is 5.37. The molecule has 1 aromatic carbocycles. The molecular formula is C15H25N3O2S. The zero-order chi connectivity index (χ0) is 15.5. The molecule has 5 nitrogen and oxygen atoms in total. The number of hydrogen-bond acceptors (Lipinski definition) is 3. The Morgan fingerprint density at radius 1 is 1.29 bits per heavy atom. The molecule has 21 heavy (non-hydrogen) atoms. The first-order valence-electron chi connectivity index (χ1n) is 7.46. The van der Waals surface area contributed by atoms with Crippen LogP contribution in [0, 0.1) is 5.92 Å². The van der Waals surface area contributed by atoms with E-state index >= 15 is 0 Å². The molecule has 2 rings (SSSR count). The molecule has 0 fully saturated rings. The Hall–Kier alpha value is -0.950. The normalized spacial score (nSPS) is 17.7. The lowest BCUT2D eigenvalue weighted by molar-refractivity contribution is 0.371. The van der Waals surface area contributed by atoms with Gasteiger partial charge in [0.2, 0.25) is 0 Å². The summed E-state index contributed by atoms with van der Waals surface area (Å²) in [6.07, 6.45) is 1.51. The largest absolute Gasteiger partial charge is 0.329 e. The molecule has 1 atom stereocenters. The van der Waals surface area contributed by atoms with Crippen LogP contribution in [-0.2, 0) is 23.2 Å². The Bertz CT molecular complexity index is 572. The van der Waals surface area contributed by atoms with Crippen LogP contribution < -0.4 is 10.5 Å². The van der Waals surface area contributed by atoms with Crippen LogP contribution >= 0.6 is 0 Å². The van der Waals surface area contributed by atoms with Crippen LogP contribution in [0.3, 0.4) is 0 Å². The van der Waals surface area contributed by atoms with Crippen LogP contribution in [0.15, 0.2) is 24.3 Å². The van der Waals surface area contributed by atoms with Crippen LogP contribution in [0.4, 0.5) is 0 Å². The van der Waals surface area contributed by atoms with Gasteiger partial charge in [0, 0.05) is 25.7 Å². The van der Waals surface area contributed by atoms with E-state index in [1.165, 1.54) is 9.87 Å². The second-order valence-corrected chi connectivity index (χ2v) is 7.74. The first kappa shape index (κ1) is 16.4. The molecule has 1 aliphatic rings. The fraction of sp³-hybridized carbons (Fsp3) is 0.600. The topological polar surface area (TPSA) is 75.4 Å². The molecular weight excluding hydrogens is 286 g/mol. The molecule has 118 valence electrons. The lowest BCUT2D eigenvalue weighted by Crippen LogP contribution is -2.49. The summed E-state index contributed by atoms with van der Waals surface area (Å²) in [5, 5.41) is 0. The van der Waals surface area contributed by atoms with Crippen LogP contribution in [0.25, 0.3) is 0 Å². The second kappa shape index (κ2) is 6.87. The summed E-state index contributed by atoms with van der Waals surface area (Å²) in [6, 6.07) is 7.80. The molecule has 1 aromatic rings. The third kappa shape index (κ3) is 4.26. The van der Waals surface area contributed by atoms with E-state index in [0.29, 0.717) is 25.6 Å². The van der Waals surface area contributed by atoms with Crippen molar-refractivity contribution in [2.45, 2.75) is 39.3 Å². The standard InChI is InChI=1S/C15H25N3O2S/c1-12(2)9-15(10-16)17-21(19,20)18-8-7-13-5-3-4-6-14(13)11-18/h3-6,12,15,17H,7-11,16H2,1-2H3. The van der Waals surface area contributed by atoms with Gasteiger partial charge in [-0.1, -0.05) is 38.1 Å². The molecule has 0 amide bonds. The van der Waals surface area contributed by atoms with Gasteiger partial charge >= 0.3 is 0 Å². The number of fused-ring (bicyclic) bond motifs is 1. The van der Waals surface area contributed by atoms with Crippen LogP contribution in [-0.4, -0.2) is 31.9 Å². The molecule has 0 bridgehead atoms. The highest BCUT2D eigenvalue weighted by molar-refractivity contribution is 7.87. The minimum absolute atomic E-state index is 0.202. The predicted octanol–water partition coefficient (Wildman–Crippen LogP) is 1.25. The Balaban J connectivity index is 2.07. The van der Waals surface area contributed by atoms with Crippen molar-refractivity contribution in [3.8, 4) is 0 Å². The molecule has 0 saturated heterocycles. The van der Waals surface area contributed by atoms with Gasteiger partial charge in [-0.15, -0.1) is 0 Å². The molecule has 0 saturated carbocycles. The molecule has 1 aliphatic heterocycles. The van der Waals surface area contributed by atoms with Gasteiger partial charge in [0.15, 0.2) is 0 Å². The molecule has 6 heteroatoms. The van der Waals surface area contributed by atoms with E-state index < -0.39 is 10.2 Å². The Morgan fingerprint density at radius 2 is 1.95 bits per heavy atom. The monoisotopic (exact) mass is 311 g/mol. The summed E-state index contributed by atoms with van der Waals surface area (Å²) in [5.41, 5.74) is 8.01. The van der Waals surface area contributed by atoms with E-state index in [2.05, 4.69) is 24.6 Å². The number of benzene rings is 1. The highest BCUT2D eigenvalue weighted by atomic mass is 32.2. The van der Waals surface area contributed by atoms with Gasteiger partial charge in [-0.3, -0.25) is 0 Å². The summed E-state index contributed by atoms with van der Waals surface area (Å²) in [5.74, 6) is 0.406. The van der Waals surface area contributed by atoms with Crippen molar-refractivity contribution in [3.63, 3.8) is 0 Å². The molecule has 1 unspecified atom stereocenters. The van der Waals surface area contributed by atoms with Gasteiger partial charge in [-0.05, 0) is 29.9 Å². The lowest BCUT2D eigenvalue weighted by Gasteiger charge is -2.30. The third-order valence-corrected chi connectivity index (χ3v) is 5.41. The first-order chi connectivity index (χ1) is 9.92. The molecule has 1 heterocycles. The van der Waals surface area contributed by atoms with Crippen molar-refractivity contribution in [2.24, 2.45) is 11.7 Å². The minimum Gasteiger partial charge on any atom is -0.329 e. The van der Waals surface area contributed by atoms with Gasteiger partial charge in [-0.2, -0.15) is 17.4 Å². The van der Waals surface area contributed by atoms with E-state index in [4.69, 9.17) is 5.73 Å². The molecule has 3 N–H and O–H groups in total. The van der Waals surface area contributed by atoms with Gasteiger partial charge in [0.25, 0.3) is 10.2 Å². The maximum absolute atomic E-state index is 12.5. The summed E-state index contributed by atoms with van der Waals surface area (Å²) in [4.78, 5) is 0. The first-order valence-corrected chi connectivity index (χ1v) is 8.90. The van der Waals surface area contributed by atoms with Crippen molar-refractivity contribution < 1.29 is 8.42 Å². The number of nitrogens with two attached hydrogens (primary N) is 1. The van der Waals surface area contributed by atoms with E-state index in [1.54, 1.807) is 0 Å². The lowest BCUT2D eigenvalue weighted by atomic mass is 10.0. The van der Waals surface area contributed by atoms with E-state index in [-0.39, 0.29) is 6.04 Å². The average Bonchev–Trinajstić information content (AvgIpc) is 2.45. The highest BCUT2D eigenvalue weighted by Gasteiger charge is 2.28. The van der Waals surface area contributed by atoms with Crippen LogP contribution in [0.5, 0.6) is 0 Å². The van der Waals surface area contributed by atoms with Crippen LogP contribution in [0.2, 0.25) is 0 Å². The molecule has 0 aromatic heterocycles. The maximum Gasteiger partial charge on any atom is 0.280 e. The average molecular weight is 311 g/mol. The van der Waals surface area contributed by atoms with Crippen molar-refractivity contribution in [1.82, 2.24) is 9.03 Å². The molecule has 0 aliphatic carbocycles. The van der Waals surface area contributed by atoms with Gasteiger partial charge in [0.1, 0.15) is 0 Å².